The Hall–Kier alpha value is -2.32. The van der Waals surface area contributed by atoms with E-state index in [1.54, 1.807) is 12.1 Å². The van der Waals surface area contributed by atoms with E-state index < -0.39 is 11.7 Å². The largest absolute Gasteiger partial charge is 0.444 e. The van der Waals surface area contributed by atoms with Gasteiger partial charge in [-0.1, -0.05) is 24.3 Å². The number of hydrogen-bond acceptors (Lipinski definition) is 4. The number of hydrogen-bond donors (Lipinski definition) is 2. The van der Waals surface area contributed by atoms with Gasteiger partial charge in [0.05, 0.1) is 11.6 Å². The molecule has 0 unspecified atom stereocenters. The van der Waals surface area contributed by atoms with Crippen molar-refractivity contribution < 1.29 is 9.53 Å². The van der Waals surface area contributed by atoms with Crippen LogP contribution < -0.4 is 10.6 Å². The molecule has 0 spiro atoms. The molecule has 0 saturated carbocycles. The average Bonchev–Trinajstić information content (AvgIpc) is 2.45. The molecule has 1 rings (SSSR count). The van der Waals surface area contributed by atoms with Crippen molar-refractivity contribution in [2.75, 3.05) is 13.1 Å². The molecule has 22 heavy (non-hydrogen) atoms. The Morgan fingerprint density at radius 3 is 2.45 bits per heavy atom. The fourth-order valence-corrected chi connectivity index (χ4v) is 1.62. The second-order valence-corrected chi connectivity index (χ2v) is 5.79. The van der Waals surface area contributed by atoms with Crippen LogP contribution in [0.15, 0.2) is 36.4 Å². The second-order valence-electron chi connectivity index (χ2n) is 5.79. The van der Waals surface area contributed by atoms with Crippen LogP contribution in [0.1, 0.15) is 31.9 Å². The van der Waals surface area contributed by atoms with E-state index in [0.717, 1.165) is 12.1 Å². The van der Waals surface area contributed by atoms with Crippen LogP contribution in [-0.2, 0) is 11.3 Å². The summed E-state index contributed by atoms with van der Waals surface area (Å²) in [6.07, 6.45) is 3.40. The highest BCUT2D eigenvalue weighted by molar-refractivity contribution is 5.67. The van der Waals surface area contributed by atoms with Crippen molar-refractivity contribution in [3.05, 3.63) is 47.5 Å². The smallest absolute Gasteiger partial charge is 0.407 e. The summed E-state index contributed by atoms with van der Waals surface area (Å²) in [6, 6.07) is 9.56. The molecule has 1 aromatic rings. The lowest BCUT2D eigenvalue weighted by Crippen LogP contribution is -2.32. The van der Waals surface area contributed by atoms with Crippen molar-refractivity contribution in [3.8, 4) is 6.07 Å². The van der Waals surface area contributed by atoms with E-state index in [2.05, 4.69) is 16.7 Å². The molecule has 5 heteroatoms. The van der Waals surface area contributed by atoms with Gasteiger partial charge >= 0.3 is 6.09 Å². The number of nitrogens with one attached hydrogen (secondary N) is 2. The lowest BCUT2D eigenvalue weighted by atomic mass is 10.1. The number of carbonyl (C=O) groups is 1. The Kier molecular flexibility index (Phi) is 7.14. The summed E-state index contributed by atoms with van der Waals surface area (Å²) in [5.41, 5.74) is 1.31. The van der Waals surface area contributed by atoms with Gasteiger partial charge in [0.15, 0.2) is 0 Å². The molecule has 0 atom stereocenters. The highest BCUT2D eigenvalue weighted by atomic mass is 16.6. The third-order valence-corrected chi connectivity index (χ3v) is 2.60. The van der Waals surface area contributed by atoms with Gasteiger partial charge in [-0.05, 0) is 38.5 Å². The van der Waals surface area contributed by atoms with Crippen molar-refractivity contribution in [2.24, 2.45) is 0 Å². The highest BCUT2D eigenvalue weighted by Gasteiger charge is 2.14. The third kappa shape index (κ3) is 8.08. The number of nitriles is 1. The summed E-state index contributed by atoms with van der Waals surface area (Å²) in [5.74, 6) is 0. The topological polar surface area (TPSA) is 74.2 Å². The van der Waals surface area contributed by atoms with Gasteiger partial charge in [-0.15, -0.1) is 0 Å². The summed E-state index contributed by atoms with van der Waals surface area (Å²) in [4.78, 5) is 11.4. The molecule has 1 amide bonds. The zero-order valence-electron chi connectivity index (χ0n) is 13.3. The first-order chi connectivity index (χ1) is 10.4. The van der Waals surface area contributed by atoms with Crippen LogP contribution in [0.25, 0.3) is 0 Å². The number of nitrogens with zero attached hydrogens (tertiary/aromatic N) is 1. The first kappa shape index (κ1) is 17.7. The van der Waals surface area contributed by atoms with E-state index in [4.69, 9.17) is 10.00 Å². The molecular formula is C17H23N3O2. The van der Waals surface area contributed by atoms with Crippen LogP contribution in [0.2, 0.25) is 0 Å². The minimum atomic E-state index is -0.476. The van der Waals surface area contributed by atoms with Gasteiger partial charge in [0.2, 0.25) is 0 Å². The van der Waals surface area contributed by atoms with Crippen molar-refractivity contribution in [3.63, 3.8) is 0 Å². The lowest BCUT2D eigenvalue weighted by molar-refractivity contribution is 0.0534. The number of rotatable bonds is 6. The molecule has 0 aliphatic rings. The Morgan fingerprint density at radius 1 is 1.23 bits per heavy atom. The lowest BCUT2D eigenvalue weighted by Gasteiger charge is -2.19. The maximum atomic E-state index is 11.4. The van der Waals surface area contributed by atoms with E-state index in [-0.39, 0.29) is 0 Å². The summed E-state index contributed by atoms with van der Waals surface area (Å²) in [7, 11) is 0. The van der Waals surface area contributed by atoms with E-state index >= 15 is 0 Å². The zero-order chi connectivity index (χ0) is 16.4. The molecule has 1 aromatic carbocycles. The van der Waals surface area contributed by atoms with Gasteiger partial charge in [-0.2, -0.15) is 5.26 Å². The Bertz CT molecular complexity index is 537. The number of ether oxygens (including phenoxy) is 1. The maximum absolute atomic E-state index is 11.4. The summed E-state index contributed by atoms with van der Waals surface area (Å²) < 4.78 is 5.12. The van der Waals surface area contributed by atoms with Crippen molar-refractivity contribution in [1.82, 2.24) is 10.6 Å². The third-order valence-electron chi connectivity index (χ3n) is 2.60. The average molecular weight is 301 g/mol. The number of amides is 1. The first-order valence-corrected chi connectivity index (χ1v) is 7.22. The van der Waals surface area contributed by atoms with Gasteiger partial charge in [0, 0.05) is 19.6 Å². The molecule has 0 bridgehead atoms. The van der Waals surface area contributed by atoms with E-state index in [0.29, 0.717) is 18.7 Å². The zero-order valence-corrected chi connectivity index (χ0v) is 13.3. The molecule has 0 radical (unpaired) electrons. The molecule has 5 nitrogen and oxygen atoms in total. The molecule has 0 fully saturated rings. The van der Waals surface area contributed by atoms with Crippen molar-refractivity contribution in [2.45, 2.75) is 32.9 Å². The Labute approximate surface area is 132 Å². The van der Waals surface area contributed by atoms with Crippen LogP contribution >= 0.6 is 0 Å². The molecular weight excluding hydrogens is 278 g/mol. The fourth-order valence-electron chi connectivity index (χ4n) is 1.62. The predicted octanol–water partition coefficient (Wildman–Crippen LogP) is 2.73. The van der Waals surface area contributed by atoms with Crippen LogP contribution in [-0.4, -0.2) is 24.8 Å². The summed E-state index contributed by atoms with van der Waals surface area (Å²) in [6.45, 7) is 7.36. The molecule has 0 aliphatic heterocycles. The molecule has 0 saturated heterocycles. The number of benzene rings is 1. The SMILES string of the molecule is CC(C)(C)OC(=O)NC/C=C/CNCc1ccc(C#N)cc1. The van der Waals surface area contributed by atoms with Crippen molar-refractivity contribution in [1.29, 1.82) is 5.26 Å². The monoisotopic (exact) mass is 301 g/mol. The molecule has 0 aliphatic carbocycles. The van der Waals surface area contributed by atoms with E-state index in [1.807, 2.05) is 45.1 Å². The van der Waals surface area contributed by atoms with Gasteiger partial charge in [0.25, 0.3) is 0 Å². The second kappa shape index (κ2) is 8.85. The maximum Gasteiger partial charge on any atom is 0.407 e. The highest BCUT2D eigenvalue weighted by Crippen LogP contribution is 2.06. The van der Waals surface area contributed by atoms with E-state index in [1.165, 1.54) is 0 Å². The number of alkyl carbamates (subject to hydrolysis) is 1. The summed E-state index contributed by atoms with van der Waals surface area (Å²) in [5, 5.41) is 14.6. The van der Waals surface area contributed by atoms with E-state index in [9.17, 15) is 4.79 Å². The van der Waals surface area contributed by atoms with Crippen molar-refractivity contribution >= 4 is 6.09 Å². The molecule has 2 N–H and O–H groups in total. The predicted molar refractivity (Wildman–Crippen MR) is 86.2 cm³/mol. The minimum Gasteiger partial charge on any atom is -0.444 e. The minimum absolute atomic E-state index is 0.414. The van der Waals surface area contributed by atoms with Gasteiger partial charge in [0.1, 0.15) is 5.60 Å². The Balaban J connectivity index is 2.14. The van der Waals surface area contributed by atoms with Crippen LogP contribution in [0, 0.1) is 11.3 Å². The van der Waals surface area contributed by atoms with Crippen LogP contribution in [0.3, 0.4) is 0 Å². The standard InChI is InChI=1S/C17H23N3O2/c1-17(2,3)22-16(21)20-11-5-4-10-19-13-15-8-6-14(12-18)7-9-15/h4-9,19H,10-11,13H2,1-3H3,(H,20,21)/b5-4+. The molecule has 118 valence electrons. The Morgan fingerprint density at radius 2 is 1.86 bits per heavy atom. The van der Waals surface area contributed by atoms with Crippen LogP contribution in [0.5, 0.6) is 0 Å². The fraction of sp³-hybridized carbons (Fsp3) is 0.412. The first-order valence-electron chi connectivity index (χ1n) is 7.22. The quantitative estimate of drug-likeness (QED) is 0.626. The number of carbonyl (C=O) groups excluding carboxylic acids is 1. The molecule has 0 heterocycles. The van der Waals surface area contributed by atoms with Gasteiger partial charge < -0.3 is 15.4 Å². The molecule has 0 aromatic heterocycles. The van der Waals surface area contributed by atoms with Gasteiger partial charge in [-0.3, -0.25) is 0 Å². The van der Waals surface area contributed by atoms with Crippen LogP contribution in [0.4, 0.5) is 4.79 Å². The summed E-state index contributed by atoms with van der Waals surface area (Å²) >= 11 is 0. The normalized spacial score (nSPS) is 11.2. The van der Waals surface area contributed by atoms with Gasteiger partial charge in [-0.25, -0.2) is 4.79 Å².